The van der Waals surface area contributed by atoms with Crippen molar-refractivity contribution in [3.05, 3.63) is 65.7 Å². The van der Waals surface area contributed by atoms with Crippen molar-refractivity contribution in [3.63, 3.8) is 0 Å². The number of ether oxygens (including phenoxy) is 2. The van der Waals surface area contributed by atoms with Crippen LogP contribution in [-0.2, 0) is 13.1 Å². The highest BCUT2D eigenvalue weighted by molar-refractivity contribution is 14.0. The molecule has 0 aliphatic rings. The van der Waals surface area contributed by atoms with Gasteiger partial charge in [-0.15, -0.1) is 24.0 Å². The molecule has 0 spiro atoms. The molecule has 2 N–H and O–H groups in total. The van der Waals surface area contributed by atoms with E-state index in [-0.39, 0.29) is 24.0 Å². The Bertz CT molecular complexity index is 1000. The molecule has 0 unspecified atom stereocenters. The van der Waals surface area contributed by atoms with Crippen LogP contribution in [-0.4, -0.2) is 30.3 Å². The molecule has 0 aliphatic carbocycles. The van der Waals surface area contributed by atoms with Gasteiger partial charge in [-0.2, -0.15) is 0 Å². The van der Waals surface area contributed by atoms with E-state index in [4.69, 9.17) is 14.0 Å². The molecule has 3 rings (SSSR count). The fourth-order valence-electron chi connectivity index (χ4n) is 3.25. The van der Waals surface area contributed by atoms with Crippen molar-refractivity contribution >= 4 is 29.9 Å². The molecule has 9 heteroatoms. The van der Waals surface area contributed by atoms with E-state index >= 15 is 0 Å². The van der Waals surface area contributed by atoms with Crippen molar-refractivity contribution in [2.24, 2.45) is 4.99 Å². The lowest BCUT2D eigenvalue weighted by Crippen LogP contribution is -2.36. The van der Waals surface area contributed by atoms with Crippen LogP contribution in [0.15, 0.2) is 58.2 Å². The molecule has 2 heterocycles. The number of guanidine groups is 1. The number of benzene rings is 1. The summed E-state index contributed by atoms with van der Waals surface area (Å²) in [5, 5.41) is 10.7. The second-order valence-corrected chi connectivity index (χ2v) is 7.30. The molecular formula is C24H32IN5O3. The first-order valence-electron chi connectivity index (χ1n) is 10.8. The van der Waals surface area contributed by atoms with Crippen LogP contribution in [0.3, 0.4) is 0 Å². The number of nitrogens with zero attached hydrogens (tertiary/aromatic N) is 3. The zero-order valence-electron chi connectivity index (χ0n) is 19.5. The first-order chi connectivity index (χ1) is 15.6. The molecule has 33 heavy (non-hydrogen) atoms. The molecule has 0 saturated carbocycles. The topological polar surface area (TPSA) is 93.8 Å². The quantitative estimate of drug-likeness (QED) is 0.197. The van der Waals surface area contributed by atoms with Gasteiger partial charge in [0.25, 0.3) is 0 Å². The first-order valence-corrected chi connectivity index (χ1v) is 10.8. The minimum Gasteiger partial charge on any atom is -0.497 e. The summed E-state index contributed by atoms with van der Waals surface area (Å²) >= 11 is 0. The van der Waals surface area contributed by atoms with Crippen molar-refractivity contribution in [1.82, 2.24) is 20.8 Å². The molecule has 8 nitrogen and oxygen atoms in total. The van der Waals surface area contributed by atoms with Gasteiger partial charge >= 0.3 is 0 Å². The predicted molar refractivity (Wildman–Crippen MR) is 140 cm³/mol. The Kier molecular flexibility index (Phi) is 10.9. The monoisotopic (exact) mass is 565 g/mol. The molecular weight excluding hydrogens is 533 g/mol. The van der Waals surface area contributed by atoms with Gasteiger partial charge in [0.1, 0.15) is 11.5 Å². The third kappa shape index (κ3) is 7.92. The normalized spacial score (nSPS) is 11.1. The molecule has 0 radical (unpaired) electrons. The van der Waals surface area contributed by atoms with Gasteiger partial charge in [0.15, 0.2) is 11.7 Å². The molecule has 178 valence electrons. The summed E-state index contributed by atoms with van der Waals surface area (Å²) < 4.78 is 16.4. The molecule has 0 fully saturated rings. The van der Waals surface area contributed by atoms with E-state index in [0.29, 0.717) is 36.6 Å². The van der Waals surface area contributed by atoms with E-state index in [1.165, 1.54) is 0 Å². The molecule has 2 aromatic heterocycles. The summed E-state index contributed by atoms with van der Waals surface area (Å²) in [5.41, 5.74) is 2.01. The van der Waals surface area contributed by atoms with Crippen LogP contribution in [0.5, 0.6) is 17.4 Å². The van der Waals surface area contributed by atoms with E-state index in [9.17, 15) is 0 Å². The lowest BCUT2D eigenvalue weighted by molar-refractivity contribution is 0.368. The Morgan fingerprint density at radius 1 is 1.06 bits per heavy atom. The van der Waals surface area contributed by atoms with Crippen LogP contribution in [0, 0.1) is 0 Å². The highest BCUT2D eigenvalue weighted by Gasteiger charge is 2.13. The number of hydrogen-bond acceptors (Lipinski definition) is 6. The van der Waals surface area contributed by atoms with Gasteiger partial charge < -0.3 is 24.6 Å². The number of nitrogens with one attached hydrogen (secondary N) is 2. The van der Waals surface area contributed by atoms with Gasteiger partial charge in [-0.25, -0.2) is 4.98 Å². The van der Waals surface area contributed by atoms with Gasteiger partial charge in [-0.3, -0.25) is 4.99 Å². The Morgan fingerprint density at radius 3 is 2.48 bits per heavy atom. The van der Waals surface area contributed by atoms with E-state index in [0.717, 1.165) is 35.6 Å². The smallest absolute Gasteiger partial charge is 0.219 e. The molecule has 0 aliphatic heterocycles. The van der Waals surface area contributed by atoms with Crippen molar-refractivity contribution < 1.29 is 14.0 Å². The molecule has 0 amide bonds. The SMILES string of the molecule is CCC(CC)c1cc(CNC(=NC)NCc2ccc(Oc3cccc(OC)c3)nc2)on1.I. The largest absolute Gasteiger partial charge is 0.497 e. The fraction of sp³-hybridized carbons (Fsp3) is 0.375. The van der Waals surface area contributed by atoms with E-state index in [1.807, 2.05) is 42.5 Å². The van der Waals surface area contributed by atoms with Gasteiger partial charge in [0.2, 0.25) is 5.88 Å². The highest BCUT2D eigenvalue weighted by Crippen LogP contribution is 2.24. The average Bonchev–Trinajstić information content (AvgIpc) is 3.30. The maximum absolute atomic E-state index is 5.78. The maximum atomic E-state index is 5.78. The van der Waals surface area contributed by atoms with Gasteiger partial charge in [0, 0.05) is 43.9 Å². The number of hydrogen-bond donors (Lipinski definition) is 2. The molecule has 3 aromatic rings. The summed E-state index contributed by atoms with van der Waals surface area (Å²) in [6, 6.07) is 13.2. The van der Waals surface area contributed by atoms with Crippen LogP contribution in [0.2, 0.25) is 0 Å². The van der Waals surface area contributed by atoms with Crippen molar-refractivity contribution in [2.75, 3.05) is 14.2 Å². The Labute approximate surface area is 212 Å². The third-order valence-corrected chi connectivity index (χ3v) is 5.16. The first kappa shape index (κ1) is 26.4. The van der Waals surface area contributed by atoms with Crippen LogP contribution >= 0.6 is 24.0 Å². The van der Waals surface area contributed by atoms with Crippen molar-refractivity contribution in [2.45, 2.75) is 45.7 Å². The standard InChI is InChI=1S/C24H31N5O3.HI/c1-5-18(6-2)22-13-21(32-29-22)16-28-24(25-3)27-15-17-10-11-23(26-14-17)31-20-9-7-8-19(12-20)30-4;/h7-14,18H,5-6,15-16H2,1-4H3,(H2,25,27,28);1H. The number of halogens is 1. The van der Waals surface area contributed by atoms with Crippen LogP contribution < -0.4 is 20.1 Å². The van der Waals surface area contributed by atoms with Crippen LogP contribution in [0.4, 0.5) is 0 Å². The lowest BCUT2D eigenvalue weighted by atomic mass is 9.99. The molecule has 1 aromatic carbocycles. The Morgan fingerprint density at radius 2 is 1.82 bits per heavy atom. The van der Waals surface area contributed by atoms with Crippen molar-refractivity contribution in [3.8, 4) is 17.4 Å². The second-order valence-electron chi connectivity index (χ2n) is 7.30. The maximum Gasteiger partial charge on any atom is 0.219 e. The summed E-state index contributed by atoms with van der Waals surface area (Å²) in [6.07, 6.45) is 3.88. The molecule has 0 saturated heterocycles. The number of rotatable bonds is 10. The fourth-order valence-corrected chi connectivity index (χ4v) is 3.25. The number of pyridine rings is 1. The van der Waals surface area contributed by atoms with Gasteiger partial charge in [-0.05, 0) is 30.5 Å². The number of methoxy groups -OCH3 is 1. The molecule has 0 atom stereocenters. The van der Waals surface area contributed by atoms with Crippen LogP contribution in [0.25, 0.3) is 0 Å². The zero-order chi connectivity index (χ0) is 22.8. The minimum absolute atomic E-state index is 0. The number of aliphatic imine (C=N–C) groups is 1. The highest BCUT2D eigenvalue weighted by atomic mass is 127. The van der Waals surface area contributed by atoms with E-state index < -0.39 is 0 Å². The van der Waals surface area contributed by atoms with Gasteiger partial charge in [0.05, 0.1) is 19.3 Å². The summed E-state index contributed by atoms with van der Waals surface area (Å²) in [5.74, 6) is 3.82. The predicted octanol–water partition coefficient (Wildman–Crippen LogP) is 5.26. The van der Waals surface area contributed by atoms with E-state index in [1.54, 1.807) is 20.4 Å². The third-order valence-electron chi connectivity index (χ3n) is 5.16. The Hall–Kier alpha value is -2.82. The zero-order valence-corrected chi connectivity index (χ0v) is 21.8. The summed E-state index contributed by atoms with van der Waals surface area (Å²) in [6.45, 7) is 5.41. The average molecular weight is 565 g/mol. The number of aromatic nitrogens is 2. The van der Waals surface area contributed by atoms with Crippen LogP contribution in [0.1, 0.15) is 49.6 Å². The van der Waals surface area contributed by atoms with E-state index in [2.05, 4.69) is 39.6 Å². The van der Waals surface area contributed by atoms with Gasteiger partial charge in [-0.1, -0.05) is 31.1 Å². The second kappa shape index (κ2) is 13.7. The molecule has 0 bridgehead atoms. The Balaban J connectivity index is 0.00000385. The summed E-state index contributed by atoms with van der Waals surface area (Å²) in [4.78, 5) is 8.63. The lowest BCUT2D eigenvalue weighted by Gasteiger charge is -2.11. The summed E-state index contributed by atoms with van der Waals surface area (Å²) in [7, 11) is 3.35. The van der Waals surface area contributed by atoms with Crippen molar-refractivity contribution in [1.29, 1.82) is 0 Å². The minimum atomic E-state index is 0.